The van der Waals surface area contributed by atoms with Crippen LogP contribution in [0.15, 0.2) is 64.3 Å². The summed E-state index contributed by atoms with van der Waals surface area (Å²) in [5, 5.41) is 0.554. The van der Waals surface area contributed by atoms with Crippen LogP contribution in [0.5, 0.6) is 0 Å². The molecule has 0 saturated heterocycles. The number of rotatable bonds is 3. The minimum atomic E-state index is -0.327. The van der Waals surface area contributed by atoms with Gasteiger partial charge in [-0.15, -0.1) is 0 Å². The molecule has 0 atom stereocenters. The van der Waals surface area contributed by atoms with Crippen LogP contribution in [-0.2, 0) is 20.5 Å². The molecule has 0 unspecified atom stereocenters. The van der Waals surface area contributed by atoms with Gasteiger partial charge in [0.15, 0.2) is 0 Å². The van der Waals surface area contributed by atoms with Crippen molar-refractivity contribution >= 4 is 10.9 Å². The van der Waals surface area contributed by atoms with Crippen molar-refractivity contribution in [2.45, 2.75) is 20.3 Å². The number of benzene rings is 2. The van der Waals surface area contributed by atoms with Gasteiger partial charge in [0.25, 0.3) is 5.56 Å². The molecule has 0 aliphatic heterocycles. The van der Waals surface area contributed by atoms with E-state index in [9.17, 15) is 9.59 Å². The first-order chi connectivity index (χ1) is 13.4. The molecule has 4 rings (SSSR count). The van der Waals surface area contributed by atoms with Crippen molar-refractivity contribution < 1.29 is 0 Å². The summed E-state index contributed by atoms with van der Waals surface area (Å²) in [7, 11) is 3.23. The molecule has 28 heavy (non-hydrogen) atoms. The van der Waals surface area contributed by atoms with Crippen molar-refractivity contribution in [2.75, 3.05) is 0 Å². The molecule has 0 aliphatic rings. The van der Waals surface area contributed by atoms with Crippen molar-refractivity contribution in [1.29, 1.82) is 0 Å². The lowest BCUT2D eigenvalue weighted by Gasteiger charge is -2.12. The lowest BCUT2D eigenvalue weighted by molar-refractivity contribution is 0.714. The summed E-state index contributed by atoms with van der Waals surface area (Å²) < 4.78 is 4.73. The van der Waals surface area contributed by atoms with Crippen LogP contribution in [0.25, 0.3) is 27.8 Å². The molecule has 0 radical (unpaired) electrons. The summed E-state index contributed by atoms with van der Waals surface area (Å²) in [4.78, 5) is 25.6. The molecule has 0 fully saturated rings. The quantitative estimate of drug-likeness (QED) is 0.551. The van der Waals surface area contributed by atoms with E-state index in [4.69, 9.17) is 0 Å². The minimum absolute atomic E-state index is 0.278. The molecule has 0 spiro atoms. The number of aromatic nitrogens is 3. The lowest BCUT2D eigenvalue weighted by atomic mass is 10.0. The smallest absolute Gasteiger partial charge is 0.314 e. The van der Waals surface area contributed by atoms with Crippen molar-refractivity contribution in [2.24, 2.45) is 14.1 Å². The normalized spacial score (nSPS) is 11.3. The average Bonchev–Trinajstić information content (AvgIpc) is 3.11. The molecule has 0 aliphatic carbocycles. The molecule has 0 bridgehead atoms. The van der Waals surface area contributed by atoms with Gasteiger partial charge in [-0.2, -0.15) is 0 Å². The van der Waals surface area contributed by atoms with Crippen LogP contribution in [-0.4, -0.2) is 13.7 Å². The summed E-state index contributed by atoms with van der Waals surface area (Å²) in [6.07, 6.45) is 2.86. The van der Waals surface area contributed by atoms with Gasteiger partial charge in [0.1, 0.15) is 0 Å². The van der Waals surface area contributed by atoms with E-state index in [-0.39, 0.29) is 11.2 Å². The van der Waals surface area contributed by atoms with Crippen LogP contribution in [0.1, 0.15) is 18.1 Å². The number of hydrogen-bond donors (Lipinski definition) is 0. The average molecular weight is 373 g/mol. The predicted octanol–water partition coefficient (Wildman–Crippen LogP) is 3.57. The highest BCUT2D eigenvalue weighted by Crippen LogP contribution is 2.32. The zero-order valence-corrected chi connectivity index (χ0v) is 16.6. The van der Waals surface area contributed by atoms with Crippen LogP contribution in [0.4, 0.5) is 0 Å². The van der Waals surface area contributed by atoms with E-state index < -0.39 is 0 Å². The summed E-state index contributed by atoms with van der Waals surface area (Å²) in [5.74, 6) is 0. The van der Waals surface area contributed by atoms with Crippen LogP contribution in [0, 0.1) is 6.92 Å². The molecule has 2 aromatic heterocycles. The fourth-order valence-electron chi connectivity index (χ4n) is 3.74. The highest BCUT2D eigenvalue weighted by Gasteiger charge is 2.21. The Kier molecular flexibility index (Phi) is 4.30. The monoisotopic (exact) mass is 373 g/mol. The van der Waals surface area contributed by atoms with E-state index in [0.717, 1.165) is 28.9 Å². The Bertz CT molecular complexity index is 1300. The van der Waals surface area contributed by atoms with Crippen LogP contribution >= 0.6 is 0 Å². The Labute approximate surface area is 163 Å². The van der Waals surface area contributed by atoms with Crippen LogP contribution in [0.2, 0.25) is 0 Å². The third-order valence-corrected chi connectivity index (χ3v) is 5.46. The maximum absolute atomic E-state index is 13.1. The SMILES string of the molecule is CCc1ccc(-n2cc3c(c2-c2ccccc2C)c(=O)n(C)c(=O)n3C)cc1. The van der Waals surface area contributed by atoms with Gasteiger partial charge in [0.05, 0.1) is 16.6 Å². The summed E-state index contributed by atoms with van der Waals surface area (Å²) in [5.41, 5.74) is 5.10. The van der Waals surface area contributed by atoms with Crippen LogP contribution in [0.3, 0.4) is 0 Å². The Morgan fingerprint density at radius 1 is 0.893 bits per heavy atom. The second-order valence-electron chi connectivity index (χ2n) is 7.15. The molecule has 2 aromatic carbocycles. The molecular weight excluding hydrogens is 350 g/mol. The second kappa shape index (κ2) is 6.68. The van der Waals surface area contributed by atoms with Gasteiger partial charge in [-0.25, -0.2) is 4.79 Å². The fraction of sp³-hybridized carbons (Fsp3) is 0.217. The summed E-state index contributed by atoms with van der Waals surface area (Å²) >= 11 is 0. The molecule has 5 heteroatoms. The molecule has 4 aromatic rings. The maximum Gasteiger partial charge on any atom is 0.330 e. The van der Waals surface area contributed by atoms with Crippen molar-refractivity contribution in [3.63, 3.8) is 0 Å². The van der Waals surface area contributed by atoms with E-state index in [1.165, 1.54) is 21.7 Å². The highest BCUT2D eigenvalue weighted by atomic mass is 16.2. The molecule has 0 N–H and O–H groups in total. The van der Waals surface area contributed by atoms with Gasteiger partial charge >= 0.3 is 5.69 Å². The Hall–Kier alpha value is -3.34. The van der Waals surface area contributed by atoms with Gasteiger partial charge in [-0.05, 0) is 36.6 Å². The Morgan fingerprint density at radius 3 is 2.21 bits per heavy atom. The molecule has 0 saturated carbocycles. The van der Waals surface area contributed by atoms with Gasteiger partial charge in [-0.3, -0.25) is 13.9 Å². The standard InChI is InChI=1S/C23H23N3O2/c1-5-16-10-12-17(13-11-16)26-14-19-20(22(27)25(4)23(28)24(19)3)21(26)18-9-7-6-8-15(18)2/h6-14H,5H2,1-4H3. The van der Waals surface area contributed by atoms with E-state index in [1.54, 1.807) is 7.05 Å². The van der Waals surface area contributed by atoms with Gasteiger partial charge < -0.3 is 4.57 Å². The van der Waals surface area contributed by atoms with Gasteiger partial charge in [0.2, 0.25) is 0 Å². The highest BCUT2D eigenvalue weighted by molar-refractivity contribution is 5.95. The largest absolute Gasteiger partial charge is 0.330 e. The number of hydrogen-bond acceptors (Lipinski definition) is 2. The molecule has 2 heterocycles. The van der Waals surface area contributed by atoms with E-state index in [1.807, 2.05) is 42.0 Å². The first kappa shape index (κ1) is 18.0. The molecular formula is C23H23N3O2. The first-order valence-electron chi connectivity index (χ1n) is 9.40. The fourth-order valence-corrected chi connectivity index (χ4v) is 3.74. The number of nitrogens with zero attached hydrogens (tertiary/aromatic N) is 3. The van der Waals surface area contributed by atoms with E-state index >= 15 is 0 Å². The van der Waals surface area contributed by atoms with E-state index in [0.29, 0.717) is 10.9 Å². The number of aryl methyl sites for hydroxylation is 3. The molecule has 5 nitrogen and oxygen atoms in total. The Balaban J connectivity index is 2.18. The zero-order chi connectivity index (χ0) is 20.0. The zero-order valence-electron chi connectivity index (χ0n) is 16.6. The van der Waals surface area contributed by atoms with Crippen molar-refractivity contribution in [3.05, 3.63) is 86.7 Å². The maximum atomic E-state index is 13.1. The van der Waals surface area contributed by atoms with Gasteiger partial charge in [-0.1, -0.05) is 43.3 Å². The van der Waals surface area contributed by atoms with Gasteiger partial charge in [0, 0.05) is 31.5 Å². The molecule has 0 amide bonds. The summed E-state index contributed by atoms with van der Waals surface area (Å²) in [6.45, 7) is 4.16. The second-order valence-corrected chi connectivity index (χ2v) is 7.15. The van der Waals surface area contributed by atoms with Crippen molar-refractivity contribution in [3.8, 4) is 16.9 Å². The summed E-state index contributed by atoms with van der Waals surface area (Å²) in [6, 6.07) is 16.3. The molecule has 142 valence electrons. The van der Waals surface area contributed by atoms with E-state index in [2.05, 4.69) is 31.2 Å². The Morgan fingerprint density at radius 2 is 1.57 bits per heavy atom. The topological polar surface area (TPSA) is 48.9 Å². The minimum Gasteiger partial charge on any atom is -0.314 e. The van der Waals surface area contributed by atoms with Crippen LogP contribution < -0.4 is 11.2 Å². The third-order valence-electron chi connectivity index (χ3n) is 5.46. The first-order valence-corrected chi connectivity index (χ1v) is 9.40. The van der Waals surface area contributed by atoms with Crippen molar-refractivity contribution in [1.82, 2.24) is 13.7 Å². The third kappa shape index (κ3) is 2.62. The predicted molar refractivity (Wildman–Crippen MR) is 113 cm³/mol. The lowest BCUT2D eigenvalue weighted by Crippen LogP contribution is -2.36. The number of fused-ring (bicyclic) bond motifs is 1.